The van der Waals surface area contributed by atoms with Crippen molar-refractivity contribution in [3.05, 3.63) is 45.5 Å². The van der Waals surface area contributed by atoms with Crippen molar-refractivity contribution in [2.24, 2.45) is 0 Å². The third kappa shape index (κ3) is 2.57. The minimum absolute atomic E-state index is 0.152. The molecular formula is C10H7NO4. The number of non-ortho nitro benzene ring substituents is 1. The maximum Gasteiger partial charge on any atom is 0.270 e. The van der Waals surface area contributed by atoms with E-state index in [1.165, 1.54) is 24.3 Å². The van der Waals surface area contributed by atoms with Gasteiger partial charge in [0.2, 0.25) is 0 Å². The van der Waals surface area contributed by atoms with Crippen LogP contribution in [0.5, 0.6) is 0 Å². The Morgan fingerprint density at radius 3 is 2.47 bits per heavy atom. The van der Waals surface area contributed by atoms with Crippen LogP contribution in [-0.4, -0.2) is 17.5 Å². The van der Waals surface area contributed by atoms with Crippen molar-refractivity contribution < 1.29 is 14.5 Å². The van der Waals surface area contributed by atoms with Crippen molar-refractivity contribution in [1.82, 2.24) is 0 Å². The normalized spacial score (nSPS) is 10.1. The first-order valence-electron chi connectivity index (χ1n) is 4.04. The fraction of sp³-hybridized carbons (Fsp3) is 0. The number of carbonyl (C=O) groups excluding carboxylic acids is 2. The molecule has 0 unspecified atom stereocenters. The molecule has 0 radical (unpaired) electrons. The van der Waals surface area contributed by atoms with E-state index in [4.69, 9.17) is 0 Å². The monoisotopic (exact) mass is 205 g/mol. The van der Waals surface area contributed by atoms with Gasteiger partial charge in [0.15, 0.2) is 6.29 Å². The molecule has 0 aromatic heterocycles. The van der Waals surface area contributed by atoms with Crippen LogP contribution in [0.1, 0.15) is 15.9 Å². The number of allylic oxidation sites excluding steroid dienone is 1. The average Bonchev–Trinajstić information content (AvgIpc) is 2.25. The standard InChI is InChI=1S/C10H7NO4/c12-5-1-2-8-3-4-10(11(14)15)6-9(8)7-13/h1-7H. The van der Waals surface area contributed by atoms with Crippen LogP contribution in [0.25, 0.3) is 6.08 Å². The summed E-state index contributed by atoms with van der Waals surface area (Å²) in [5, 5.41) is 10.4. The highest BCUT2D eigenvalue weighted by molar-refractivity contribution is 5.85. The summed E-state index contributed by atoms with van der Waals surface area (Å²) in [6, 6.07) is 3.86. The van der Waals surface area contributed by atoms with Crippen molar-refractivity contribution >= 4 is 24.3 Å². The fourth-order valence-electron chi connectivity index (χ4n) is 1.07. The number of benzene rings is 1. The summed E-state index contributed by atoms with van der Waals surface area (Å²) in [6.45, 7) is 0. The quantitative estimate of drug-likeness (QED) is 0.324. The van der Waals surface area contributed by atoms with Gasteiger partial charge in [0.25, 0.3) is 5.69 Å². The highest BCUT2D eigenvalue weighted by Gasteiger charge is 2.08. The number of nitrogens with zero attached hydrogens (tertiary/aromatic N) is 1. The van der Waals surface area contributed by atoms with Crippen molar-refractivity contribution in [3.63, 3.8) is 0 Å². The number of nitro groups is 1. The lowest BCUT2D eigenvalue weighted by atomic mass is 10.1. The number of hydrogen-bond donors (Lipinski definition) is 0. The molecule has 1 rings (SSSR count). The smallest absolute Gasteiger partial charge is 0.270 e. The topological polar surface area (TPSA) is 77.3 Å². The summed E-state index contributed by atoms with van der Waals surface area (Å²) < 4.78 is 0. The Morgan fingerprint density at radius 1 is 1.20 bits per heavy atom. The van der Waals surface area contributed by atoms with Gasteiger partial charge in [0, 0.05) is 17.7 Å². The van der Waals surface area contributed by atoms with Crippen molar-refractivity contribution in [3.8, 4) is 0 Å². The largest absolute Gasteiger partial charge is 0.299 e. The maximum absolute atomic E-state index is 10.6. The van der Waals surface area contributed by atoms with Gasteiger partial charge in [0.05, 0.1) is 4.92 Å². The van der Waals surface area contributed by atoms with Gasteiger partial charge in [-0.2, -0.15) is 0 Å². The lowest BCUT2D eigenvalue weighted by Gasteiger charge is -1.97. The Kier molecular flexibility index (Phi) is 3.45. The third-order valence-electron chi connectivity index (χ3n) is 1.76. The van der Waals surface area contributed by atoms with Crippen LogP contribution in [0.4, 0.5) is 5.69 Å². The van der Waals surface area contributed by atoms with E-state index in [-0.39, 0.29) is 11.3 Å². The molecule has 0 fully saturated rings. The van der Waals surface area contributed by atoms with Gasteiger partial charge in [-0.15, -0.1) is 0 Å². The summed E-state index contributed by atoms with van der Waals surface area (Å²) in [6.07, 6.45) is 3.71. The molecule has 0 atom stereocenters. The number of carbonyl (C=O) groups is 2. The molecule has 0 N–H and O–H groups in total. The predicted molar refractivity (Wildman–Crippen MR) is 53.6 cm³/mol. The average molecular weight is 205 g/mol. The first-order chi connectivity index (χ1) is 7.19. The summed E-state index contributed by atoms with van der Waals surface area (Å²) >= 11 is 0. The molecule has 0 aliphatic heterocycles. The second kappa shape index (κ2) is 4.80. The van der Waals surface area contributed by atoms with Gasteiger partial charge in [0.1, 0.15) is 6.29 Å². The first kappa shape index (κ1) is 10.8. The molecule has 0 saturated carbocycles. The first-order valence-corrected chi connectivity index (χ1v) is 4.04. The third-order valence-corrected chi connectivity index (χ3v) is 1.76. The zero-order valence-corrected chi connectivity index (χ0v) is 7.62. The van der Waals surface area contributed by atoms with E-state index in [0.29, 0.717) is 18.1 Å². The van der Waals surface area contributed by atoms with Crippen molar-refractivity contribution in [1.29, 1.82) is 0 Å². The van der Waals surface area contributed by atoms with E-state index in [1.807, 2.05) is 0 Å². The second-order valence-corrected chi connectivity index (χ2v) is 2.68. The molecule has 5 nitrogen and oxygen atoms in total. The zero-order chi connectivity index (χ0) is 11.3. The fourth-order valence-corrected chi connectivity index (χ4v) is 1.07. The van der Waals surface area contributed by atoms with Crippen LogP contribution in [0.3, 0.4) is 0 Å². The Balaban J connectivity index is 3.20. The Bertz CT molecular complexity index is 437. The van der Waals surface area contributed by atoms with Crippen LogP contribution < -0.4 is 0 Å². The lowest BCUT2D eigenvalue weighted by molar-refractivity contribution is -0.384. The van der Waals surface area contributed by atoms with E-state index >= 15 is 0 Å². The molecule has 5 heteroatoms. The van der Waals surface area contributed by atoms with Gasteiger partial charge >= 0.3 is 0 Å². The Morgan fingerprint density at radius 2 is 1.93 bits per heavy atom. The number of aldehydes is 2. The van der Waals surface area contributed by atoms with Gasteiger partial charge in [-0.3, -0.25) is 19.7 Å². The van der Waals surface area contributed by atoms with Crippen LogP contribution in [0.15, 0.2) is 24.3 Å². The predicted octanol–water partition coefficient (Wildman–Crippen LogP) is 1.62. The molecule has 0 amide bonds. The maximum atomic E-state index is 10.6. The molecule has 0 aliphatic carbocycles. The lowest BCUT2D eigenvalue weighted by Crippen LogP contribution is -1.92. The van der Waals surface area contributed by atoms with Crippen LogP contribution in [0, 0.1) is 10.1 Å². The summed E-state index contributed by atoms with van der Waals surface area (Å²) in [5.74, 6) is 0. The molecule has 0 bridgehead atoms. The summed E-state index contributed by atoms with van der Waals surface area (Å²) in [5.41, 5.74) is 0.505. The highest BCUT2D eigenvalue weighted by Crippen LogP contribution is 2.17. The van der Waals surface area contributed by atoms with Gasteiger partial charge in [-0.05, 0) is 17.7 Å². The van der Waals surface area contributed by atoms with Crippen molar-refractivity contribution in [2.75, 3.05) is 0 Å². The number of nitro benzene ring substituents is 1. The van der Waals surface area contributed by atoms with Crippen LogP contribution in [0.2, 0.25) is 0 Å². The van der Waals surface area contributed by atoms with E-state index in [0.717, 1.165) is 6.07 Å². The van der Waals surface area contributed by atoms with E-state index in [1.54, 1.807) is 0 Å². The van der Waals surface area contributed by atoms with Gasteiger partial charge < -0.3 is 0 Å². The molecule has 0 spiro atoms. The Hall–Kier alpha value is -2.30. The van der Waals surface area contributed by atoms with E-state index in [2.05, 4.69) is 0 Å². The van der Waals surface area contributed by atoms with Gasteiger partial charge in [-0.1, -0.05) is 6.08 Å². The number of rotatable bonds is 4. The molecule has 15 heavy (non-hydrogen) atoms. The zero-order valence-electron chi connectivity index (χ0n) is 7.62. The number of hydrogen-bond acceptors (Lipinski definition) is 4. The molecule has 0 heterocycles. The second-order valence-electron chi connectivity index (χ2n) is 2.68. The molecule has 1 aromatic rings. The molecule has 0 aliphatic rings. The molecule has 0 saturated heterocycles. The van der Waals surface area contributed by atoms with E-state index in [9.17, 15) is 19.7 Å². The SMILES string of the molecule is O=CC=Cc1ccc([N+](=O)[O-])cc1C=O. The summed E-state index contributed by atoms with van der Waals surface area (Å²) in [4.78, 5) is 30.5. The van der Waals surface area contributed by atoms with Crippen LogP contribution >= 0.6 is 0 Å². The minimum Gasteiger partial charge on any atom is -0.299 e. The molecular weight excluding hydrogens is 198 g/mol. The van der Waals surface area contributed by atoms with Crippen molar-refractivity contribution in [2.45, 2.75) is 0 Å². The molecule has 1 aromatic carbocycles. The van der Waals surface area contributed by atoms with Gasteiger partial charge in [-0.25, -0.2) is 0 Å². The highest BCUT2D eigenvalue weighted by atomic mass is 16.6. The summed E-state index contributed by atoms with van der Waals surface area (Å²) in [7, 11) is 0. The Labute approximate surface area is 85.2 Å². The van der Waals surface area contributed by atoms with Crippen LogP contribution in [-0.2, 0) is 4.79 Å². The molecule has 76 valence electrons. The van der Waals surface area contributed by atoms with E-state index < -0.39 is 4.92 Å². The minimum atomic E-state index is -0.583.